The Kier molecular flexibility index (Phi) is 3.62. The molecular formula is C13H16N4O. The van der Waals surface area contributed by atoms with Crippen molar-refractivity contribution in [2.75, 3.05) is 17.2 Å². The van der Waals surface area contributed by atoms with E-state index < -0.39 is 0 Å². The molecule has 0 radical (unpaired) electrons. The van der Waals surface area contributed by atoms with Crippen LogP contribution >= 0.6 is 0 Å². The fraction of sp³-hybridized carbons (Fsp3) is 0.231. The van der Waals surface area contributed by atoms with Gasteiger partial charge in [0.2, 0.25) is 0 Å². The molecule has 0 fully saturated rings. The number of rotatable bonds is 4. The second kappa shape index (κ2) is 5.35. The van der Waals surface area contributed by atoms with Gasteiger partial charge in [0.05, 0.1) is 5.56 Å². The second-order valence-corrected chi connectivity index (χ2v) is 3.90. The number of nitrogens with zero attached hydrogens (tertiary/aromatic N) is 2. The van der Waals surface area contributed by atoms with Gasteiger partial charge < -0.3 is 10.6 Å². The topological polar surface area (TPSA) is 59.0 Å². The Morgan fingerprint density at radius 1 is 1.33 bits per heavy atom. The van der Waals surface area contributed by atoms with Gasteiger partial charge in [-0.25, -0.2) is 0 Å². The van der Waals surface area contributed by atoms with Crippen LogP contribution < -0.4 is 10.6 Å². The standard InChI is InChI=1S/C13H16N4O/c1-3-14-11-7-5-4-6-10(11)13(18)15-12-8-9-17(2)16-12/h4-9,14H,3H2,1-2H3,(H,15,16,18). The number of anilines is 2. The molecule has 2 N–H and O–H groups in total. The highest BCUT2D eigenvalue weighted by molar-refractivity contribution is 6.07. The van der Waals surface area contributed by atoms with Gasteiger partial charge in [-0.2, -0.15) is 5.10 Å². The lowest BCUT2D eigenvalue weighted by molar-refractivity contribution is 0.102. The molecule has 1 amide bonds. The zero-order valence-electron chi connectivity index (χ0n) is 10.5. The van der Waals surface area contributed by atoms with E-state index in [4.69, 9.17) is 0 Å². The zero-order valence-corrected chi connectivity index (χ0v) is 10.5. The Labute approximate surface area is 106 Å². The van der Waals surface area contributed by atoms with Gasteiger partial charge in [0.25, 0.3) is 5.91 Å². The Balaban J connectivity index is 2.18. The van der Waals surface area contributed by atoms with Crippen LogP contribution in [0.1, 0.15) is 17.3 Å². The average Bonchev–Trinajstić information content (AvgIpc) is 2.76. The number of nitrogens with one attached hydrogen (secondary N) is 2. The van der Waals surface area contributed by atoms with E-state index in [1.54, 1.807) is 23.0 Å². The molecule has 1 aromatic heterocycles. The molecule has 2 aromatic rings. The van der Waals surface area contributed by atoms with Crippen molar-refractivity contribution >= 4 is 17.4 Å². The molecular weight excluding hydrogens is 228 g/mol. The minimum absolute atomic E-state index is 0.162. The molecule has 0 aliphatic carbocycles. The van der Waals surface area contributed by atoms with Gasteiger partial charge >= 0.3 is 0 Å². The highest BCUT2D eigenvalue weighted by atomic mass is 16.1. The van der Waals surface area contributed by atoms with Crippen LogP contribution in [0.2, 0.25) is 0 Å². The van der Waals surface area contributed by atoms with Crippen molar-refractivity contribution in [3.8, 4) is 0 Å². The van der Waals surface area contributed by atoms with E-state index in [2.05, 4.69) is 15.7 Å². The van der Waals surface area contributed by atoms with Crippen LogP contribution in [0.5, 0.6) is 0 Å². The van der Waals surface area contributed by atoms with Gasteiger partial charge in [0.15, 0.2) is 5.82 Å². The van der Waals surface area contributed by atoms with Gasteiger partial charge in [-0.1, -0.05) is 12.1 Å². The molecule has 0 aliphatic heterocycles. The van der Waals surface area contributed by atoms with Crippen LogP contribution in [0.3, 0.4) is 0 Å². The fourth-order valence-electron chi connectivity index (χ4n) is 1.69. The number of carbonyl (C=O) groups is 1. The summed E-state index contributed by atoms with van der Waals surface area (Å²) in [5.41, 5.74) is 1.44. The van der Waals surface area contributed by atoms with Gasteiger partial charge in [-0.15, -0.1) is 0 Å². The maximum absolute atomic E-state index is 12.1. The number of hydrogen-bond acceptors (Lipinski definition) is 3. The number of benzene rings is 1. The van der Waals surface area contributed by atoms with Gasteiger partial charge in [-0.3, -0.25) is 9.48 Å². The molecule has 18 heavy (non-hydrogen) atoms. The Morgan fingerprint density at radius 3 is 2.78 bits per heavy atom. The largest absolute Gasteiger partial charge is 0.385 e. The third-order valence-electron chi connectivity index (χ3n) is 2.49. The van der Waals surface area contributed by atoms with Crippen LogP contribution in [-0.2, 0) is 7.05 Å². The molecule has 1 heterocycles. The molecule has 0 bridgehead atoms. The van der Waals surface area contributed by atoms with Gasteiger partial charge in [-0.05, 0) is 19.1 Å². The van der Waals surface area contributed by atoms with Crippen molar-refractivity contribution < 1.29 is 4.79 Å². The third kappa shape index (κ3) is 2.68. The Bertz CT molecular complexity index is 547. The predicted molar refractivity (Wildman–Crippen MR) is 71.8 cm³/mol. The summed E-state index contributed by atoms with van der Waals surface area (Å²) in [6.45, 7) is 2.77. The molecule has 0 saturated carbocycles. The number of carbonyl (C=O) groups excluding carboxylic acids is 1. The molecule has 5 nitrogen and oxygen atoms in total. The van der Waals surface area contributed by atoms with Crippen molar-refractivity contribution in [2.45, 2.75) is 6.92 Å². The average molecular weight is 244 g/mol. The molecule has 0 unspecified atom stereocenters. The normalized spacial score (nSPS) is 10.1. The summed E-state index contributed by atoms with van der Waals surface area (Å²) in [7, 11) is 1.81. The molecule has 0 saturated heterocycles. The van der Waals surface area contributed by atoms with E-state index >= 15 is 0 Å². The van der Waals surface area contributed by atoms with E-state index in [1.807, 2.05) is 32.2 Å². The maximum Gasteiger partial charge on any atom is 0.258 e. The first kappa shape index (κ1) is 12.2. The van der Waals surface area contributed by atoms with Crippen molar-refractivity contribution in [3.05, 3.63) is 42.1 Å². The predicted octanol–water partition coefficient (Wildman–Crippen LogP) is 2.10. The Hall–Kier alpha value is -2.30. The van der Waals surface area contributed by atoms with Crippen LogP contribution in [0.25, 0.3) is 0 Å². The number of amides is 1. The van der Waals surface area contributed by atoms with E-state index in [-0.39, 0.29) is 5.91 Å². The molecule has 0 spiro atoms. The highest BCUT2D eigenvalue weighted by Crippen LogP contribution is 2.16. The first-order valence-corrected chi connectivity index (χ1v) is 5.84. The smallest absolute Gasteiger partial charge is 0.258 e. The lowest BCUT2D eigenvalue weighted by atomic mass is 10.1. The highest BCUT2D eigenvalue weighted by Gasteiger charge is 2.11. The number of hydrogen-bond donors (Lipinski definition) is 2. The summed E-state index contributed by atoms with van der Waals surface area (Å²) in [5, 5.41) is 10.0. The first-order valence-electron chi connectivity index (χ1n) is 5.84. The van der Waals surface area contributed by atoms with Crippen LogP contribution in [0, 0.1) is 0 Å². The van der Waals surface area contributed by atoms with E-state index in [0.717, 1.165) is 12.2 Å². The van der Waals surface area contributed by atoms with Crippen molar-refractivity contribution in [1.82, 2.24) is 9.78 Å². The lowest BCUT2D eigenvalue weighted by Crippen LogP contribution is -2.15. The van der Waals surface area contributed by atoms with Crippen LogP contribution in [0.4, 0.5) is 11.5 Å². The fourth-order valence-corrected chi connectivity index (χ4v) is 1.69. The minimum atomic E-state index is -0.162. The van der Waals surface area contributed by atoms with E-state index in [9.17, 15) is 4.79 Å². The van der Waals surface area contributed by atoms with Crippen molar-refractivity contribution in [2.24, 2.45) is 7.05 Å². The summed E-state index contributed by atoms with van der Waals surface area (Å²) < 4.78 is 1.64. The van der Waals surface area contributed by atoms with Crippen LogP contribution in [0.15, 0.2) is 36.5 Å². The van der Waals surface area contributed by atoms with E-state index in [0.29, 0.717) is 11.4 Å². The number of para-hydroxylation sites is 1. The van der Waals surface area contributed by atoms with Crippen molar-refractivity contribution in [1.29, 1.82) is 0 Å². The minimum Gasteiger partial charge on any atom is -0.385 e. The number of aromatic nitrogens is 2. The zero-order chi connectivity index (χ0) is 13.0. The summed E-state index contributed by atoms with van der Waals surface area (Å²) in [5.74, 6) is 0.388. The Morgan fingerprint density at radius 2 is 2.11 bits per heavy atom. The lowest BCUT2D eigenvalue weighted by Gasteiger charge is -2.09. The summed E-state index contributed by atoms with van der Waals surface area (Å²) in [6.07, 6.45) is 1.78. The molecule has 2 rings (SSSR count). The molecule has 94 valence electrons. The molecule has 0 atom stereocenters. The summed E-state index contributed by atoms with van der Waals surface area (Å²) in [6, 6.07) is 9.17. The van der Waals surface area contributed by atoms with Crippen LogP contribution in [-0.4, -0.2) is 22.2 Å². The monoisotopic (exact) mass is 244 g/mol. The van der Waals surface area contributed by atoms with E-state index in [1.165, 1.54) is 0 Å². The SMILES string of the molecule is CCNc1ccccc1C(=O)Nc1ccn(C)n1. The molecule has 5 heteroatoms. The van der Waals surface area contributed by atoms with Crippen molar-refractivity contribution in [3.63, 3.8) is 0 Å². The molecule has 1 aromatic carbocycles. The summed E-state index contributed by atoms with van der Waals surface area (Å²) in [4.78, 5) is 12.1. The first-order chi connectivity index (χ1) is 8.70. The van der Waals surface area contributed by atoms with Gasteiger partial charge in [0, 0.05) is 31.5 Å². The second-order valence-electron chi connectivity index (χ2n) is 3.90. The molecule has 0 aliphatic rings. The summed E-state index contributed by atoms with van der Waals surface area (Å²) >= 11 is 0. The van der Waals surface area contributed by atoms with Gasteiger partial charge in [0.1, 0.15) is 0 Å². The maximum atomic E-state index is 12.1. The third-order valence-corrected chi connectivity index (χ3v) is 2.49. The quantitative estimate of drug-likeness (QED) is 0.866. The number of aryl methyl sites for hydroxylation is 1.